The summed E-state index contributed by atoms with van der Waals surface area (Å²) in [7, 11) is 1.91. The van der Waals surface area contributed by atoms with Crippen LogP contribution in [0.4, 0.5) is 0 Å². The molecule has 0 aromatic carbocycles. The van der Waals surface area contributed by atoms with E-state index in [9.17, 15) is 0 Å². The Morgan fingerprint density at radius 1 is 1.40 bits per heavy atom. The minimum absolute atomic E-state index is 0.182. The number of hydrogen-bond donors (Lipinski definition) is 0. The predicted molar refractivity (Wildman–Crippen MR) is 76.6 cm³/mol. The van der Waals surface area contributed by atoms with Crippen molar-refractivity contribution in [1.82, 2.24) is 29.5 Å². The molecule has 104 valence electrons. The third kappa shape index (κ3) is 2.06. The SMILES string of the molecule is Cc1nn(C)c2c1nc(C(C)Cl)n2Cc1cccnn1. The number of hydrogen-bond acceptors (Lipinski definition) is 4. The maximum absolute atomic E-state index is 6.26. The second-order valence-corrected chi connectivity index (χ2v) is 5.42. The van der Waals surface area contributed by atoms with Gasteiger partial charge in [-0.05, 0) is 26.0 Å². The molecule has 1 unspecified atom stereocenters. The van der Waals surface area contributed by atoms with Gasteiger partial charge in [-0.3, -0.25) is 4.68 Å². The molecule has 3 rings (SSSR count). The highest BCUT2D eigenvalue weighted by Gasteiger charge is 2.20. The molecule has 0 bridgehead atoms. The fourth-order valence-corrected chi connectivity index (χ4v) is 2.56. The van der Waals surface area contributed by atoms with Crippen molar-refractivity contribution in [2.75, 3.05) is 0 Å². The first-order valence-corrected chi connectivity index (χ1v) is 6.82. The van der Waals surface area contributed by atoms with Crippen molar-refractivity contribution in [2.45, 2.75) is 25.8 Å². The number of rotatable bonds is 3. The summed E-state index contributed by atoms with van der Waals surface area (Å²) in [5.74, 6) is 0.823. The monoisotopic (exact) mass is 290 g/mol. The summed E-state index contributed by atoms with van der Waals surface area (Å²) in [5, 5.41) is 12.3. The summed E-state index contributed by atoms with van der Waals surface area (Å²) in [6.45, 7) is 4.44. The average molecular weight is 291 g/mol. The third-order valence-electron chi connectivity index (χ3n) is 3.22. The summed E-state index contributed by atoms with van der Waals surface area (Å²) in [4.78, 5) is 4.63. The molecule has 0 saturated heterocycles. The summed E-state index contributed by atoms with van der Waals surface area (Å²) in [6.07, 6.45) is 1.66. The van der Waals surface area contributed by atoms with Crippen LogP contribution in [0.1, 0.15) is 29.5 Å². The highest BCUT2D eigenvalue weighted by atomic mass is 35.5. The van der Waals surface area contributed by atoms with E-state index in [1.807, 2.05) is 37.7 Å². The van der Waals surface area contributed by atoms with Crippen LogP contribution in [0.2, 0.25) is 0 Å². The van der Waals surface area contributed by atoms with E-state index >= 15 is 0 Å². The normalized spacial score (nSPS) is 13.0. The number of aromatic nitrogens is 6. The number of halogens is 1. The zero-order chi connectivity index (χ0) is 14.3. The molecule has 0 radical (unpaired) electrons. The Morgan fingerprint density at radius 2 is 2.20 bits per heavy atom. The van der Waals surface area contributed by atoms with E-state index in [1.54, 1.807) is 6.20 Å². The fourth-order valence-electron chi connectivity index (χ4n) is 2.39. The molecule has 0 aliphatic carbocycles. The lowest BCUT2D eigenvalue weighted by atomic mass is 10.3. The molecule has 1 atom stereocenters. The average Bonchev–Trinajstić information content (AvgIpc) is 2.91. The number of fused-ring (bicyclic) bond motifs is 1. The van der Waals surface area contributed by atoms with Gasteiger partial charge in [0.1, 0.15) is 11.3 Å². The van der Waals surface area contributed by atoms with E-state index in [0.29, 0.717) is 6.54 Å². The molecule has 0 spiro atoms. The molecule has 3 aromatic heterocycles. The maximum Gasteiger partial charge on any atom is 0.159 e. The molecular formula is C13H15ClN6. The van der Waals surface area contributed by atoms with Crippen LogP contribution in [-0.2, 0) is 13.6 Å². The molecular weight excluding hydrogens is 276 g/mol. The lowest BCUT2D eigenvalue weighted by molar-refractivity contribution is 0.672. The second kappa shape index (κ2) is 4.86. The van der Waals surface area contributed by atoms with E-state index < -0.39 is 0 Å². The van der Waals surface area contributed by atoms with Crippen LogP contribution in [0.5, 0.6) is 0 Å². The fraction of sp³-hybridized carbons (Fsp3) is 0.385. The Morgan fingerprint density at radius 3 is 2.85 bits per heavy atom. The molecule has 0 aliphatic rings. The van der Waals surface area contributed by atoms with Crippen LogP contribution < -0.4 is 0 Å². The predicted octanol–water partition coefficient (Wildman–Crippen LogP) is 2.22. The molecule has 3 aromatic rings. The van der Waals surface area contributed by atoms with E-state index in [0.717, 1.165) is 28.4 Å². The zero-order valence-electron chi connectivity index (χ0n) is 11.6. The lowest BCUT2D eigenvalue weighted by Gasteiger charge is -2.10. The second-order valence-electron chi connectivity index (χ2n) is 4.77. The minimum Gasteiger partial charge on any atom is -0.305 e. The Balaban J connectivity index is 2.18. The first kappa shape index (κ1) is 13.1. The van der Waals surface area contributed by atoms with E-state index in [1.165, 1.54) is 0 Å². The summed E-state index contributed by atoms with van der Waals surface area (Å²) in [6, 6.07) is 3.81. The summed E-state index contributed by atoms with van der Waals surface area (Å²) < 4.78 is 3.88. The van der Waals surface area contributed by atoms with Crippen LogP contribution in [-0.4, -0.2) is 29.5 Å². The first-order chi connectivity index (χ1) is 9.58. The van der Waals surface area contributed by atoms with Gasteiger partial charge in [0.15, 0.2) is 5.65 Å². The van der Waals surface area contributed by atoms with Crippen molar-refractivity contribution in [3.8, 4) is 0 Å². The van der Waals surface area contributed by atoms with E-state index in [2.05, 4.69) is 24.8 Å². The number of nitrogens with zero attached hydrogens (tertiary/aromatic N) is 6. The standard InChI is InChI=1S/C13H15ClN6/c1-8(14)12-16-11-9(2)18-19(3)13(11)20(12)7-10-5-4-6-15-17-10/h4-6,8H,7H2,1-3H3. The van der Waals surface area contributed by atoms with Crippen LogP contribution in [0, 0.1) is 6.92 Å². The smallest absolute Gasteiger partial charge is 0.159 e. The molecule has 7 heteroatoms. The Bertz CT molecular complexity index is 743. The van der Waals surface area contributed by atoms with E-state index in [-0.39, 0.29) is 5.38 Å². The Kier molecular flexibility index (Phi) is 3.17. The van der Waals surface area contributed by atoms with Crippen LogP contribution in [0.3, 0.4) is 0 Å². The van der Waals surface area contributed by atoms with Gasteiger partial charge < -0.3 is 4.57 Å². The topological polar surface area (TPSA) is 61.4 Å². The number of alkyl halides is 1. The third-order valence-corrected chi connectivity index (χ3v) is 3.42. The zero-order valence-corrected chi connectivity index (χ0v) is 12.3. The number of aryl methyl sites for hydroxylation is 2. The van der Waals surface area contributed by atoms with Crippen LogP contribution in [0.25, 0.3) is 11.2 Å². The number of imidazole rings is 1. The molecule has 6 nitrogen and oxygen atoms in total. The van der Waals surface area contributed by atoms with Gasteiger partial charge in [0.05, 0.1) is 23.3 Å². The maximum atomic E-state index is 6.26. The lowest BCUT2D eigenvalue weighted by Crippen LogP contribution is -2.10. The van der Waals surface area contributed by atoms with Gasteiger partial charge in [-0.1, -0.05) is 0 Å². The van der Waals surface area contributed by atoms with Gasteiger partial charge in [-0.2, -0.15) is 15.3 Å². The Hall–Kier alpha value is -1.95. The molecule has 0 saturated carbocycles. The van der Waals surface area contributed by atoms with Gasteiger partial charge in [0, 0.05) is 13.2 Å². The van der Waals surface area contributed by atoms with Crippen molar-refractivity contribution < 1.29 is 0 Å². The molecule has 0 aliphatic heterocycles. The van der Waals surface area contributed by atoms with Crippen molar-refractivity contribution in [3.63, 3.8) is 0 Å². The van der Waals surface area contributed by atoms with Crippen LogP contribution >= 0.6 is 11.6 Å². The van der Waals surface area contributed by atoms with Crippen molar-refractivity contribution >= 4 is 22.8 Å². The van der Waals surface area contributed by atoms with E-state index in [4.69, 9.17) is 11.6 Å². The van der Waals surface area contributed by atoms with Gasteiger partial charge >= 0.3 is 0 Å². The largest absolute Gasteiger partial charge is 0.305 e. The highest BCUT2D eigenvalue weighted by molar-refractivity contribution is 6.20. The molecule has 0 N–H and O–H groups in total. The molecule has 20 heavy (non-hydrogen) atoms. The van der Waals surface area contributed by atoms with Crippen molar-refractivity contribution in [3.05, 3.63) is 35.5 Å². The highest BCUT2D eigenvalue weighted by Crippen LogP contribution is 2.26. The quantitative estimate of drug-likeness (QED) is 0.694. The van der Waals surface area contributed by atoms with Gasteiger partial charge in [0.2, 0.25) is 0 Å². The van der Waals surface area contributed by atoms with Crippen molar-refractivity contribution in [2.24, 2.45) is 7.05 Å². The first-order valence-electron chi connectivity index (χ1n) is 6.38. The van der Waals surface area contributed by atoms with Crippen LogP contribution in [0.15, 0.2) is 18.3 Å². The van der Waals surface area contributed by atoms with Gasteiger partial charge in [-0.15, -0.1) is 11.6 Å². The summed E-state index contributed by atoms with van der Waals surface area (Å²) in [5.41, 5.74) is 3.61. The molecule has 0 fully saturated rings. The summed E-state index contributed by atoms with van der Waals surface area (Å²) >= 11 is 6.26. The molecule has 3 heterocycles. The van der Waals surface area contributed by atoms with Gasteiger partial charge in [-0.25, -0.2) is 4.98 Å². The minimum atomic E-state index is -0.182. The van der Waals surface area contributed by atoms with Crippen molar-refractivity contribution in [1.29, 1.82) is 0 Å². The molecule has 0 amide bonds. The van der Waals surface area contributed by atoms with Gasteiger partial charge in [0.25, 0.3) is 0 Å². The Labute approximate surface area is 121 Å².